The summed E-state index contributed by atoms with van der Waals surface area (Å²) in [6, 6.07) is 15.3. The number of piperidine rings is 1. The highest BCUT2D eigenvalue weighted by molar-refractivity contribution is 5.98. The fraction of sp³-hybridized carbons (Fsp3) is 0.520. The van der Waals surface area contributed by atoms with Crippen molar-refractivity contribution in [2.75, 3.05) is 24.5 Å². The first-order valence-corrected chi connectivity index (χ1v) is 11.3. The van der Waals surface area contributed by atoms with Crippen molar-refractivity contribution in [1.82, 2.24) is 4.90 Å². The van der Waals surface area contributed by atoms with Crippen LogP contribution in [0.5, 0.6) is 0 Å². The maximum atomic E-state index is 12.4. The van der Waals surface area contributed by atoms with E-state index in [0.717, 1.165) is 61.7 Å². The predicted molar refractivity (Wildman–Crippen MR) is 119 cm³/mol. The molecule has 0 spiro atoms. The molecule has 2 saturated heterocycles. The molecule has 0 radical (unpaired) electrons. The lowest BCUT2D eigenvalue weighted by Crippen LogP contribution is -2.46. The number of hydrogen-bond donors (Lipinski definition) is 0. The second-order valence-electron chi connectivity index (χ2n) is 8.44. The Labute approximate surface area is 179 Å². The second-order valence-corrected chi connectivity index (χ2v) is 8.44. The lowest BCUT2D eigenvalue weighted by atomic mass is 9.96. The zero-order valence-corrected chi connectivity index (χ0v) is 18.0. The van der Waals surface area contributed by atoms with Crippen LogP contribution in [0.2, 0.25) is 0 Å². The molecule has 2 aromatic carbocycles. The second kappa shape index (κ2) is 9.06. The van der Waals surface area contributed by atoms with Gasteiger partial charge in [0.2, 0.25) is 0 Å². The van der Waals surface area contributed by atoms with Crippen LogP contribution in [0.4, 0.5) is 5.69 Å². The molecule has 2 heterocycles. The van der Waals surface area contributed by atoms with Crippen LogP contribution in [-0.4, -0.2) is 48.7 Å². The number of anilines is 1. The fourth-order valence-corrected chi connectivity index (χ4v) is 5.26. The maximum Gasteiger partial charge on any atom is 0.307 e. The number of nitrogens with zero attached hydrogens (tertiary/aromatic N) is 3. The summed E-state index contributed by atoms with van der Waals surface area (Å²) in [4.78, 5) is 17.2. The van der Waals surface area contributed by atoms with Gasteiger partial charge in [0, 0.05) is 47.9 Å². The Hall–Kier alpha value is -2.58. The molecule has 30 heavy (non-hydrogen) atoms. The molecule has 158 valence electrons. The quantitative estimate of drug-likeness (QED) is 0.636. The monoisotopic (exact) mass is 405 g/mol. The molecular formula is C25H31N3O2. The molecule has 2 aromatic rings. The summed E-state index contributed by atoms with van der Waals surface area (Å²) in [5.74, 6) is -0.0661. The van der Waals surface area contributed by atoms with E-state index in [9.17, 15) is 10.1 Å². The molecule has 0 N–H and O–H groups in total. The minimum absolute atomic E-state index is 0.0209. The van der Waals surface area contributed by atoms with E-state index in [1.54, 1.807) is 0 Å². The van der Waals surface area contributed by atoms with Crippen LogP contribution in [0.15, 0.2) is 36.4 Å². The lowest BCUT2D eigenvalue weighted by Gasteiger charge is -2.40. The molecule has 2 fully saturated rings. The van der Waals surface area contributed by atoms with Crippen LogP contribution in [0.1, 0.15) is 51.5 Å². The zero-order chi connectivity index (χ0) is 21.1. The standard InChI is InChI=1S/C25H31N3O2/c1-3-27(4-2)14-13-25(29)30-21-15-19-10-11-20(16-21)28(19)24-12-9-18(17-26)22-7-5-6-8-23(22)24/h5-9,12,19-21H,3-4,10-11,13-16H2,1-2H3/t19-,20+,21?. The predicted octanol–water partition coefficient (Wildman–Crippen LogP) is 4.49. The van der Waals surface area contributed by atoms with E-state index in [4.69, 9.17) is 4.74 Å². The van der Waals surface area contributed by atoms with Crippen molar-refractivity contribution in [3.63, 3.8) is 0 Å². The van der Waals surface area contributed by atoms with E-state index < -0.39 is 0 Å². The molecule has 2 aliphatic heterocycles. The zero-order valence-electron chi connectivity index (χ0n) is 18.0. The summed E-state index contributed by atoms with van der Waals surface area (Å²) in [7, 11) is 0. The van der Waals surface area contributed by atoms with Crippen LogP contribution in [0.25, 0.3) is 10.8 Å². The van der Waals surface area contributed by atoms with E-state index in [2.05, 4.69) is 41.8 Å². The number of rotatable bonds is 7. The van der Waals surface area contributed by atoms with Gasteiger partial charge in [-0.25, -0.2) is 0 Å². The third kappa shape index (κ3) is 4.02. The van der Waals surface area contributed by atoms with Crippen molar-refractivity contribution in [2.45, 2.75) is 64.1 Å². The molecule has 2 bridgehead atoms. The molecule has 2 aliphatic rings. The largest absolute Gasteiger partial charge is 0.462 e. The summed E-state index contributed by atoms with van der Waals surface area (Å²) >= 11 is 0. The number of fused-ring (bicyclic) bond motifs is 3. The van der Waals surface area contributed by atoms with Gasteiger partial charge in [0.15, 0.2) is 0 Å². The molecule has 5 heteroatoms. The Morgan fingerprint density at radius 1 is 1.10 bits per heavy atom. The average Bonchev–Trinajstić information content (AvgIpc) is 3.03. The first-order chi connectivity index (χ1) is 14.6. The van der Waals surface area contributed by atoms with Gasteiger partial charge in [-0.15, -0.1) is 0 Å². The number of ether oxygens (including phenoxy) is 1. The van der Waals surface area contributed by atoms with Crippen molar-refractivity contribution in [3.8, 4) is 6.07 Å². The average molecular weight is 406 g/mol. The van der Waals surface area contributed by atoms with Gasteiger partial charge in [-0.05, 0) is 38.1 Å². The van der Waals surface area contributed by atoms with Crippen LogP contribution < -0.4 is 4.90 Å². The van der Waals surface area contributed by atoms with Gasteiger partial charge >= 0.3 is 5.97 Å². The third-order valence-corrected chi connectivity index (χ3v) is 6.81. The molecule has 1 unspecified atom stereocenters. The smallest absolute Gasteiger partial charge is 0.307 e. The number of esters is 1. The maximum absolute atomic E-state index is 12.4. The van der Waals surface area contributed by atoms with Crippen molar-refractivity contribution < 1.29 is 9.53 Å². The number of hydrogen-bond acceptors (Lipinski definition) is 5. The van der Waals surface area contributed by atoms with Crippen LogP contribution in [-0.2, 0) is 9.53 Å². The highest BCUT2D eigenvalue weighted by Crippen LogP contribution is 2.43. The van der Waals surface area contributed by atoms with Crippen molar-refractivity contribution >= 4 is 22.4 Å². The summed E-state index contributed by atoms with van der Waals surface area (Å²) < 4.78 is 5.88. The minimum atomic E-state index is -0.0661. The van der Waals surface area contributed by atoms with E-state index in [-0.39, 0.29) is 12.1 Å². The van der Waals surface area contributed by atoms with Crippen LogP contribution in [0.3, 0.4) is 0 Å². The summed E-state index contributed by atoms with van der Waals surface area (Å²) in [6.45, 7) is 6.94. The molecule has 0 aromatic heterocycles. The summed E-state index contributed by atoms with van der Waals surface area (Å²) in [6.07, 6.45) is 4.53. The van der Waals surface area contributed by atoms with E-state index in [0.29, 0.717) is 18.5 Å². The molecule has 5 nitrogen and oxygen atoms in total. The van der Waals surface area contributed by atoms with Gasteiger partial charge in [0.05, 0.1) is 18.1 Å². The Balaban J connectivity index is 1.46. The summed E-state index contributed by atoms with van der Waals surface area (Å²) in [5.41, 5.74) is 1.93. The highest BCUT2D eigenvalue weighted by Gasteiger charge is 2.42. The molecule has 0 amide bonds. The molecule has 4 rings (SSSR count). The Morgan fingerprint density at radius 2 is 1.77 bits per heavy atom. The summed E-state index contributed by atoms with van der Waals surface area (Å²) in [5, 5.41) is 11.6. The fourth-order valence-electron chi connectivity index (χ4n) is 5.26. The van der Waals surface area contributed by atoms with Crippen molar-refractivity contribution in [3.05, 3.63) is 42.0 Å². The van der Waals surface area contributed by atoms with E-state index >= 15 is 0 Å². The van der Waals surface area contributed by atoms with E-state index in [1.165, 1.54) is 5.69 Å². The van der Waals surface area contributed by atoms with Gasteiger partial charge in [-0.3, -0.25) is 4.79 Å². The Kier molecular flexibility index (Phi) is 6.24. The minimum Gasteiger partial charge on any atom is -0.462 e. The van der Waals surface area contributed by atoms with Crippen LogP contribution in [0, 0.1) is 11.3 Å². The third-order valence-electron chi connectivity index (χ3n) is 6.81. The number of carbonyl (C=O) groups excluding carboxylic acids is 1. The highest BCUT2D eigenvalue weighted by atomic mass is 16.5. The molecule has 3 atom stereocenters. The lowest BCUT2D eigenvalue weighted by molar-refractivity contribution is -0.150. The number of carbonyl (C=O) groups is 1. The van der Waals surface area contributed by atoms with Gasteiger partial charge in [0.25, 0.3) is 0 Å². The van der Waals surface area contributed by atoms with Gasteiger partial charge < -0.3 is 14.5 Å². The van der Waals surface area contributed by atoms with Gasteiger partial charge in [-0.2, -0.15) is 5.26 Å². The van der Waals surface area contributed by atoms with Crippen molar-refractivity contribution in [1.29, 1.82) is 5.26 Å². The first kappa shape index (κ1) is 20.7. The van der Waals surface area contributed by atoms with Crippen LogP contribution >= 0.6 is 0 Å². The van der Waals surface area contributed by atoms with Gasteiger partial charge in [0.1, 0.15) is 6.10 Å². The Bertz CT molecular complexity index is 933. The Morgan fingerprint density at radius 3 is 2.40 bits per heavy atom. The SMILES string of the molecule is CCN(CC)CCC(=O)OC1C[C@H]2CC[C@@H](C1)N2c1ccc(C#N)c2ccccc12. The topological polar surface area (TPSA) is 56.6 Å². The van der Waals surface area contributed by atoms with E-state index in [1.807, 2.05) is 24.3 Å². The molecule has 0 saturated carbocycles. The number of benzene rings is 2. The number of nitriles is 1. The first-order valence-electron chi connectivity index (χ1n) is 11.3. The van der Waals surface area contributed by atoms with Gasteiger partial charge in [-0.1, -0.05) is 38.1 Å². The normalized spacial score (nSPS) is 23.0. The van der Waals surface area contributed by atoms with Crippen molar-refractivity contribution in [2.24, 2.45) is 0 Å². The molecule has 0 aliphatic carbocycles. The molecular weight excluding hydrogens is 374 g/mol.